The largest absolute Gasteiger partial charge is 0.357 e. The molecule has 0 saturated carbocycles. The molecule has 0 radical (unpaired) electrons. The number of rotatable bonds is 9. The summed E-state index contributed by atoms with van der Waals surface area (Å²) in [6.45, 7) is 6.18. The number of thioether (sulfide) groups is 1. The molecule has 7 heteroatoms. The van der Waals surface area contributed by atoms with Crippen molar-refractivity contribution in [3.8, 4) is 0 Å². The summed E-state index contributed by atoms with van der Waals surface area (Å²) < 4.78 is 0.755. The first-order valence-corrected chi connectivity index (χ1v) is 10.6. The van der Waals surface area contributed by atoms with Crippen molar-refractivity contribution in [2.45, 2.75) is 22.6 Å². The Labute approximate surface area is 173 Å². The third kappa shape index (κ3) is 5.43. The lowest BCUT2D eigenvalue weighted by Gasteiger charge is -2.21. The monoisotopic (exact) mass is 410 g/mol. The van der Waals surface area contributed by atoms with Crippen molar-refractivity contribution < 1.29 is 4.79 Å². The fourth-order valence-corrected chi connectivity index (χ4v) is 4.51. The average molecular weight is 411 g/mol. The summed E-state index contributed by atoms with van der Waals surface area (Å²) in [7, 11) is 0. The van der Waals surface area contributed by atoms with Gasteiger partial charge < -0.3 is 10.6 Å². The number of nitrogens with zero attached hydrogens (tertiary/aromatic N) is 2. The van der Waals surface area contributed by atoms with E-state index in [0.29, 0.717) is 6.54 Å². The van der Waals surface area contributed by atoms with Crippen LogP contribution in [-0.4, -0.2) is 27.9 Å². The SMILES string of the molecule is C=CCNc1nnc(SC(C)C(=O)NC(c2ccccc2)c2ccccc2)s1. The Morgan fingerprint density at radius 3 is 2.29 bits per heavy atom. The van der Waals surface area contributed by atoms with Gasteiger partial charge in [0, 0.05) is 6.54 Å². The van der Waals surface area contributed by atoms with Gasteiger partial charge in [0.1, 0.15) is 0 Å². The predicted molar refractivity (Wildman–Crippen MR) is 117 cm³/mol. The Morgan fingerprint density at radius 1 is 1.11 bits per heavy atom. The van der Waals surface area contributed by atoms with Crippen LogP contribution in [0.4, 0.5) is 5.13 Å². The van der Waals surface area contributed by atoms with E-state index in [9.17, 15) is 4.79 Å². The average Bonchev–Trinajstić information content (AvgIpc) is 3.18. The zero-order chi connectivity index (χ0) is 19.8. The summed E-state index contributed by atoms with van der Waals surface area (Å²) in [5.41, 5.74) is 2.09. The fourth-order valence-electron chi connectivity index (χ4n) is 2.60. The second-order valence-electron chi connectivity index (χ2n) is 6.07. The van der Waals surface area contributed by atoms with Crippen LogP contribution in [0.15, 0.2) is 77.7 Å². The number of nitrogens with one attached hydrogen (secondary N) is 2. The molecule has 0 aliphatic heterocycles. The molecule has 2 aromatic carbocycles. The molecule has 0 fully saturated rings. The van der Waals surface area contributed by atoms with Gasteiger partial charge in [0.2, 0.25) is 11.0 Å². The van der Waals surface area contributed by atoms with Crippen LogP contribution >= 0.6 is 23.1 Å². The highest BCUT2D eigenvalue weighted by Gasteiger charge is 2.22. The molecule has 3 rings (SSSR count). The van der Waals surface area contributed by atoms with Gasteiger partial charge >= 0.3 is 0 Å². The normalized spacial score (nSPS) is 11.8. The number of hydrogen-bond acceptors (Lipinski definition) is 6. The van der Waals surface area contributed by atoms with Crippen molar-refractivity contribution in [3.05, 3.63) is 84.4 Å². The Balaban J connectivity index is 1.69. The molecule has 0 bridgehead atoms. The number of anilines is 1. The zero-order valence-electron chi connectivity index (χ0n) is 15.5. The Hall–Kier alpha value is -2.64. The molecule has 3 aromatic rings. The highest BCUT2D eigenvalue weighted by Crippen LogP contribution is 2.30. The molecular formula is C21H22N4OS2. The standard InChI is InChI=1S/C21H22N4OS2/c1-3-14-22-20-24-25-21(28-20)27-15(2)19(26)23-18(16-10-6-4-7-11-16)17-12-8-5-9-13-17/h3-13,15,18H,1,14H2,2H3,(H,22,24)(H,23,26). The van der Waals surface area contributed by atoms with E-state index in [-0.39, 0.29) is 17.2 Å². The van der Waals surface area contributed by atoms with Crippen LogP contribution in [0.3, 0.4) is 0 Å². The van der Waals surface area contributed by atoms with Gasteiger partial charge in [-0.1, -0.05) is 89.8 Å². The van der Waals surface area contributed by atoms with Crippen molar-refractivity contribution in [1.82, 2.24) is 15.5 Å². The molecule has 1 unspecified atom stereocenters. The molecule has 28 heavy (non-hydrogen) atoms. The van der Waals surface area contributed by atoms with Crippen LogP contribution in [0.25, 0.3) is 0 Å². The summed E-state index contributed by atoms with van der Waals surface area (Å²) in [6.07, 6.45) is 1.76. The maximum atomic E-state index is 12.9. The van der Waals surface area contributed by atoms with Gasteiger partial charge in [0.05, 0.1) is 11.3 Å². The minimum Gasteiger partial charge on any atom is -0.357 e. The topological polar surface area (TPSA) is 66.9 Å². The van der Waals surface area contributed by atoms with E-state index < -0.39 is 0 Å². The minimum absolute atomic E-state index is 0.0430. The van der Waals surface area contributed by atoms with Gasteiger partial charge in [-0.05, 0) is 18.1 Å². The molecule has 1 aromatic heterocycles. The maximum absolute atomic E-state index is 12.9. The molecular weight excluding hydrogens is 388 g/mol. The van der Waals surface area contributed by atoms with E-state index in [1.54, 1.807) is 6.08 Å². The molecule has 5 nitrogen and oxygen atoms in total. The number of amides is 1. The van der Waals surface area contributed by atoms with Crippen molar-refractivity contribution in [3.63, 3.8) is 0 Å². The highest BCUT2D eigenvalue weighted by atomic mass is 32.2. The maximum Gasteiger partial charge on any atom is 0.234 e. The van der Waals surface area contributed by atoms with E-state index in [2.05, 4.69) is 27.4 Å². The molecule has 1 amide bonds. The summed E-state index contributed by atoms with van der Waals surface area (Å²) in [4.78, 5) is 12.9. The second-order valence-corrected chi connectivity index (χ2v) is 8.63. The van der Waals surface area contributed by atoms with Crippen LogP contribution in [-0.2, 0) is 4.79 Å². The summed E-state index contributed by atoms with van der Waals surface area (Å²) in [5.74, 6) is -0.0430. The van der Waals surface area contributed by atoms with Gasteiger partial charge in [0.15, 0.2) is 4.34 Å². The predicted octanol–water partition coefficient (Wildman–Crippen LogP) is 4.52. The molecule has 144 valence electrons. The van der Waals surface area contributed by atoms with E-state index in [0.717, 1.165) is 20.6 Å². The number of benzene rings is 2. The quantitative estimate of drug-likeness (QED) is 0.401. The molecule has 1 heterocycles. The lowest BCUT2D eigenvalue weighted by atomic mass is 9.98. The van der Waals surface area contributed by atoms with E-state index in [1.807, 2.05) is 67.6 Å². The smallest absolute Gasteiger partial charge is 0.234 e. The summed E-state index contributed by atoms with van der Waals surface area (Å²) in [5, 5.41) is 14.9. The molecule has 0 aliphatic carbocycles. The van der Waals surface area contributed by atoms with Crippen LogP contribution in [0.2, 0.25) is 0 Å². The fraction of sp³-hybridized carbons (Fsp3) is 0.190. The lowest BCUT2D eigenvalue weighted by Crippen LogP contribution is -2.34. The number of hydrogen-bond donors (Lipinski definition) is 2. The molecule has 2 N–H and O–H groups in total. The van der Waals surface area contributed by atoms with Gasteiger partial charge in [0.25, 0.3) is 0 Å². The van der Waals surface area contributed by atoms with Crippen LogP contribution in [0, 0.1) is 0 Å². The van der Waals surface area contributed by atoms with E-state index >= 15 is 0 Å². The number of carbonyl (C=O) groups excluding carboxylic acids is 1. The van der Waals surface area contributed by atoms with Crippen LogP contribution < -0.4 is 10.6 Å². The Kier molecular flexibility index (Phi) is 7.22. The first-order valence-electron chi connectivity index (χ1n) is 8.92. The van der Waals surface area contributed by atoms with Crippen LogP contribution in [0.1, 0.15) is 24.1 Å². The molecule has 1 atom stereocenters. The van der Waals surface area contributed by atoms with Crippen molar-refractivity contribution in [2.75, 3.05) is 11.9 Å². The number of carbonyl (C=O) groups is 1. The number of aromatic nitrogens is 2. The first-order chi connectivity index (χ1) is 13.7. The van der Waals surface area contributed by atoms with E-state index in [4.69, 9.17) is 0 Å². The molecule has 0 aliphatic rings. The Morgan fingerprint density at radius 2 is 1.71 bits per heavy atom. The van der Waals surface area contributed by atoms with Gasteiger partial charge in [-0.2, -0.15) is 0 Å². The molecule has 0 saturated heterocycles. The minimum atomic E-state index is -0.296. The van der Waals surface area contributed by atoms with Gasteiger partial charge in [-0.15, -0.1) is 16.8 Å². The molecule has 0 spiro atoms. The van der Waals surface area contributed by atoms with Crippen molar-refractivity contribution in [2.24, 2.45) is 0 Å². The highest BCUT2D eigenvalue weighted by molar-refractivity contribution is 8.02. The first kappa shape index (κ1) is 20.1. The second kappa shape index (κ2) is 10.1. The zero-order valence-corrected chi connectivity index (χ0v) is 17.2. The van der Waals surface area contributed by atoms with Crippen LogP contribution in [0.5, 0.6) is 0 Å². The third-order valence-corrected chi connectivity index (χ3v) is 6.07. The van der Waals surface area contributed by atoms with Crippen molar-refractivity contribution >= 4 is 34.1 Å². The van der Waals surface area contributed by atoms with Gasteiger partial charge in [-0.3, -0.25) is 4.79 Å². The van der Waals surface area contributed by atoms with Gasteiger partial charge in [-0.25, -0.2) is 0 Å². The summed E-state index contributed by atoms with van der Waals surface area (Å²) in [6, 6.07) is 19.8. The Bertz CT molecular complexity index is 860. The van der Waals surface area contributed by atoms with E-state index in [1.165, 1.54) is 23.1 Å². The summed E-state index contributed by atoms with van der Waals surface area (Å²) >= 11 is 2.84. The van der Waals surface area contributed by atoms with Crippen molar-refractivity contribution in [1.29, 1.82) is 0 Å². The third-order valence-electron chi connectivity index (χ3n) is 4.00. The lowest BCUT2D eigenvalue weighted by molar-refractivity contribution is -0.120.